The molecule has 1 aliphatic carbocycles. The number of hydrogen-bond acceptors (Lipinski definition) is 5. The average Bonchev–Trinajstić information content (AvgIpc) is 3.39. The summed E-state index contributed by atoms with van der Waals surface area (Å²) in [6.45, 7) is 4.54. The summed E-state index contributed by atoms with van der Waals surface area (Å²) in [7, 11) is 0. The molecule has 0 bridgehead atoms. The first-order chi connectivity index (χ1) is 12.7. The fraction of sp³-hybridized carbons (Fsp3) is 0.500. The maximum Gasteiger partial charge on any atom is 0.287 e. The predicted octanol–water partition coefficient (Wildman–Crippen LogP) is 0.289. The molecule has 0 unspecified atom stereocenters. The Bertz CT molecular complexity index is 808. The molecule has 2 aromatic heterocycles. The minimum Gasteiger partial charge on any atom is -0.379 e. The molecule has 0 spiro atoms. The van der Waals surface area contributed by atoms with E-state index in [-0.39, 0.29) is 23.7 Å². The van der Waals surface area contributed by atoms with E-state index < -0.39 is 0 Å². The van der Waals surface area contributed by atoms with Crippen molar-refractivity contribution in [3.8, 4) is 0 Å². The molecule has 2 N–H and O–H groups in total. The van der Waals surface area contributed by atoms with Gasteiger partial charge in [-0.3, -0.25) is 18.9 Å². The third-order valence-corrected chi connectivity index (χ3v) is 4.70. The summed E-state index contributed by atoms with van der Waals surface area (Å²) in [6.07, 6.45) is 3.77. The van der Waals surface area contributed by atoms with Crippen LogP contribution in [0.3, 0.4) is 0 Å². The predicted molar refractivity (Wildman–Crippen MR) is 95.3 cm³/mol. The molecule has 1 saturated carbocycles. The zero-order chi connectivity index (χ0) is 17.9. The van der Waals surface area contributed by atoms with Crippen LogP contribution >= 0.6 is 0 Å². The minimum atomic E-state index is -0.273. The van der Waals surface area contributed by atoms with Crippen LogP contribution in [0.2, 0.25) is 0 Å². The Morgan fingerprint density at radius 2 is 2.00 bits per heavy atom. The van der Waals surface area contributed by atoms with Gasteiger partial charge in [0.2, 0.25) is 5.82 Å². The van der Waals surface area contributed by atoms with Crippen LogP contribution in [0.15, 0.2) is 24.4 Å². The molecule has 3 heterocycles. The number of hydrogen-bond donors (Lipinski definition) is 2. The van der Waals surface area contributed by atoms with E-state index in [1.807, 2.05) is 12.1 Å². The fourth-order valence-electron chi connectivity index (χ4n) is 3.08. The lowest BCUT2D eigenvalue weighted by Crippen LogP contribution is -2.41. The molecular formula is C18H23N5O3. The molecule has 2 aromatic rings. The molecule has 138 valence electrons. The molecule has 2 fully saturated rings. The molecule has 4 rings (SSSR count). The smallest absolute Gasteiger partial charge is 0.287 e. The maximum absolute atomic E-state index is 12.6. The van der Waals surface area contributed by atoms with E-state index in [1.165, 1.54) is 0 Å². The van der Waals surface area contributed by atoms with Gasteiger partial charge in [-0.05, 0) is 25.0 Å². The van der Waals surface area contributed by atoms with Crippen molar-refractivity contribution in [1.82, 2.24) is 24.9 Å². The molecule has 0 atom stereocenters. The fourth-order valence-corrected chi connectivity index (χ4v) is 3.08. The maximum atomic E-state index is 12.6. The Balaban J connectivity index is 1.46. The first kappa shape index (κ1) is 17.0. The van der Waals surface area contributed by atoms with E-state index in [2.05, 4.69) is 20.5 Å². The minimum absolute atomic E-state index is 0.219. The second-order valence-electron chi connectivity index (χ2n) is 6.70. The highest BCUT2D eigenvalue weighted by Crippen LogP contribution is 2.20. The number of morpholine rings is 1. The number of nitrogens with one attached hydrogen (secondary N) is 2. The summed E-state index contributed by atoms with van der Waals surface area (Å²) in [5.41, 5.74) is 0.944. The number of amides is 2. The number of fused-ring (bicyclic) bond motifs is 1. The Morgan fingerprint density at radius 1 is 1.19 bits per heavy atom. The zero-order valence-corrected chi connectivity index (χ0v) is 14.6. The van der Waals surface area contributed by atoms with Crippen LogP contribution in [0.1, 0.15) is 33.9 Å². The van der Waals surface area contributed by atoms with Gasteiger partial charge in [0.25, 0.3) is 11.8 Å². The Hall–Kier alpha value is -2.45. The molecule has 1 saturated heterocycles. The SMILES string of the molecule is O=C(NC1CC1)c1nc(C(=O)NCCN2CCOCC2)n2ccccc12. The van der Waals surface area contributed by atoms with Gasteiger partial charge in [-0.25, -0.2) is 4.98 Å². The number of pyridine rings is 1. The van der Waals surface area contributed by atoms with Crippen molar-refractivity contribution in [2.75, 3.05) is 39.4 Å². The molecule has 0 radical (unpaired) electrons. The molecular weight excluding hydrogens is 334 g/mol. The first-order valence-corrected chi connectivity index (χ1v) is 9.08. The van der Waals surface area contributed by atoms with Crippen molar-refractivity contribution in [2.45, 2.75) is 18.9 Å². The Kier molecular flexibility index (Phi) is 4.85. The average molecular weight is 357 g/mol. The first-order valence-electron chi connectivity index (χ1n) is 9.08. The van der Waals surface area contributed by atoms with Crippen molar-refractivity contribution in [3.05, 3.63) is 35.9 Å². The van der Waals surface area contributed by atoms with Crippen LogP contribution in [0.4, 0.5) is 0 Å². The second kappa shape index (κ2) is 7.43. The quantitative estimate of drug-likeness (QED) is 0.776. The van der Waals surface area contributed by atoms with Crippen LogP contribution < -0.4 is 10.6 Å². The molecule has 26 heavy (non-hydrogen) atoms. The Morgan fingerprint density at radius 3 is 2.77 bits per heavy atom. The largest absolute Gasteiger partial charge is 0.379 e. The van der Waals surface area contributed by atoms with E-state index in [0.717, 1.165) is 45.7 Å². The van der Waals surface area contributed by atoms with Gasteiger partial charge in [0.05, 0.1) is 18.7 Å². The number of ether oxygens (including phenoxy) is 1. The molecule has 2 aliphatic rings. The van der Waals surface area contributed by atoms with Gasteiger partial charge in [-0.1, -0.05) is 6.07 Å². The molecule has 2 amide bonds. The normalized spacial score (nSPS) is 18.0. The lowest BCUT2D eigenvalue weighted by molar-refractivity contribution is 0.0383. The highest BCUT2D eigenvalue weighted by atomic mass is 16.5. The lowest BCUT2D eigenvalue weighted by Gasteiger charge is -2.26. The van der Waals surface area contributed by atoms with Gasteiger partial charge >= 0.3 is 0 Å². The third-order valence-electron chi connectivity index (χ3n) is 4.70. The number of carbonyl (C=O) groups excluding carboxylic acids is 2. The van der Waals surface area contributed by atoms with Gasteiger partial charge in [0.15, 0.2) is 5.69 Å². The molecule has 1 aliphatic heterocycles. The summed E-state index contributed by atoms with van der Waals surface area (Å²) in [5, 5.41) is 5.84. The van der Waals surface area contributed by atoms with E-state index in [1.54, 1.807) is 16.7 Å². The van der Waals surface area contributed by atoms with Gasteiger partial charge < -0.3 is 15.4 Å². The zero-order valence-electron chi connectivity index (χ0n) is 14.6. The number of aromatic nitrogens is 2. The topological polar surface area (TPSA) is 88.0 Å². The number of carbonyl (C=O) groups is 2. The van der Waals surface area contributed by atoms with Crippen molar-refractivity contribution >= 4 is 17.3 Å². The standard InChI is InChI=1S/C18H23N5O3/c24-17(20-13-4-5-13)15-14-3-1-2-7-23(14)16(21-15)18(25)19-6-8-22-9-11-26-12-10-22/h1-3,7,13H,4-6,8-12H2,(H,19,25)(H,20,24). The van der Waals surface area contributed by atoms with Gasteiger partial charge in [-0.15, -0.1) is 0 Å². The molecule has 8 nitrogen and oxygen atoms in total. The number of rotatable bonds is 6. The molecule has 0 aromatic carbocycles. The van der Waals surface area contributed by atoms with Crippen molar-refractivity contribution in [2.24, 2.45) is 0 Å². The van der Waals surface area contributed by atoms with Crippen LogP contribution in [0, 0.1) is 0 Å². The second-order valence-corrected chi connectivity index (χ2v) is 6.70. The summed E-state index contributed by atoms with van der Waals surface area (Å²) < 4.78 is 6.99. The van der Waals surface area contributed by atoms with E-state index in [9.17, 15) is 9.59 Å². The Labute approximate surface area is 151 Å². The van der Waals surface area contributed by atoms with E-state index in [0.29, 0.717) is 17.8 Å². The summed E-state index contributed by atoms with van der Waals surface area (Å²) in [5.74, 6) is -0.253. The van der Waals surface area contributed by atoms with E-state index in [4.69, 9.17) is 4.74 Å². The van der Waals surface area contributed by atoms with Crippen molar-refractivity contribution in [1.29, 1.82) is 0 Å². The third kappa shape index (κ3) is 3.71. The van der Waals surface area contributed by atoms with Gasteiger partial charge in [0.1, 0.15) is 0 Å². The highest BCUT2D eigenvalue weighted by Gasteiger charge is 2.27. The summed E-state index contributed by atoms with van der Waals surface area (Å²) in [6, 6.07) is 5.71. The summed E-state index contributed by atoms with van der Waals surface area (Å²) in [4.78, 5) is 31.6. The lowest BCUT2D eigenvalue weighted by atomic mass is 10.3. The summed E-state index contributed by atoms with van der Waals surface area (Å²) >= 11 is 0. The van der Waals surface area contributed by atoms with E-state index >= 15 is 0 Å². The molecule has 8 heteroatoms. The van der Waals surface area contributed by atoms with Crippen LogP contribution in [-0.4, -0.2) is 71.5 Å². The van der Waals surface area contributed by atoms with Crippen molar-refractivity contribution in [3.63, 3.8) is 0 Å². The number of imidazole rings is 1. The van der Waals surface area contributed by atoms with Crippen molar-refractivity contribution < 1.29 is 14.3 Å². The monoisotopic (exact) mass is 357 g/mol. The van der Waals surface area contributed by atoms with Gasteiger partial charge in [-0.2, -0.15) is 0 Å². The van der Waals surface area contributed by atoms with Crippen LogP contribution in [-0.2, 0) is 4.74 Å². The van der Waals surface area contributed by atoms with Gasteiger partial charge in [0, 0.05) is 38.4 Å². The van der Waals surface area contributed by atoms with Crippen LogP contribution in [0.5, 0.6) is 0 Å². The highest BCUT2D eigenvalue weighted by molar-refractivity contribution is 6.02. The number of nitrogens with zero attached hydrogens (tertiary/aromatic N) is 3. The van der Waals surface area contributed by atoms with Crippen LogP contribution in [0.25, 0.3) is 5.52 Å².